The minimum atomic E-state index is -3.79. The summed E-state index contributed by atoms with van der Waals surface area (Å²) in [7, 11) is -2.38. The molecule has 0 aromatic heterocycles. The second kappa shape index (κ2) is 6.98. The van der Waals surface area contributed by atoms with Crippen LogP contribution in [0.2, 0.25) is 0 Å². The van der Waals surface area contributed by atoms with Gasteiger partial charge in [0.05, 0.1) is 9.82 Å². The number of hydrogen-bond donors (Lipinski definition) is 1. The minimum absolute atomic E-state index is 0. The van der Waals surface area contributed by atoms with Gasteiger partial charge in [0.1, 0.15) is 0 Å². The Balaban J connectivity index is 0.00000361. The molecule has 114 valence electrons. The molecule has 1 unspecified atom stereocenters. The van der Waals surface area contributed by atoms with Crippen molar-refractivity contribution in [3.63, 3.8) is 0 Å². The number of sulfonamides is 1. The summed E-state index contributed by atoms with van der Waals surface area (Å²) in [6, 6.07) is 3.61. The first-order valence-electron chi connectivity index (χ1n) is 5.65. The second-order valence-corrected chi connectivity index (χ2v) is 6.23. The lowest BCUT2D eigenvalue weighted by molar-refractivity contribution is -0.385. The van der Waals surface area contributed by atoms with E-state index in [-0.39, 0.29) is 41.1 Å². The van der Waals surface area contributed by atoms with Gasteiger partial charge in [-0.25, -0.2) is 8.42 Å². The van der Waals surface area contributed by atoms with Crippen molar-refractivity contribution in [1.82, 2.24) is 4.31 Å². The average Bonchev–Trinajstić information content (AvgIpc) is 2.36. The van der Waals surface area contributed by atoms with Gasteiger partial charge in [-0.15, -0.1) is 12.4 Å². The number of nitrogens with two attached hydrogens (primary N) is 1. The van der Waals surface area contributed by atoms with E-state index in [0.717, 1.165) is 4.31 Å². The Bertz CT molecular complexity index is 591. The highest BCUT2D eigenvalue weighted by Gasteiger charge is 2.28. The van der Waals surface area contributed by atoms with Crippen molar-refractivity contribution in [3.05, 3.63) is 33.9 Å². The first kappa shape index (κ1) is 18.8. The molecule has 0 heterocycles. The van der Waals surface area contributed by atoms with Crippen LogP contribution in [0.3, 0.4) is 0 Å². The lowest BCUT2D eigenvalue weighted by Crippen LogP contribution is -2.39. The molecule has 0 spiro atoms. The van der Waals surface area contributed by atoms with Crippen molar-refractivity contribution in [3.8, 4) is 0 Å². The highest BCUT2D eigenvalue weighted by molar-refractivity contribution is 7.89. The molecule has 9 heteroatoms. The van der Waals surface area contributed by atoms with E-state index in [9.17, 15) is 18.5 Å². The summed E-state index contributed by atoms with van der Waals surface area (Å²) in [5, 5.41) is 10.8. The van der Waals surface area contributed by atoms with Crippen LogP contribution in [0.15, 0.2) is 23.1 Å². The monoisotopic (exact) mass is 323 g/mol. The topological polar surface area (TPSA) is 107 Å². The molecule has 0 saturated carbocycles. The maximum Gasteiger partial charge on any atom is 0.273 e. The van der Waals surface area contributed by atoms with Crippen molar-refractivity contribution in [1.29, 1.82) is 0 Å². The van der Waals surface area contributed by atoms with Crippen molar-refractivity contribution < 1.29 is 13.3 Å². The first-order valence-corrected chi connectivity index (χ1v) is 7.09. The highest BCUT2D eigenvalue weighted by Crippen LogP contribution is 2.27. The predicted octanol–water partition coefficient (Wildman–Crippen LogP) is 1.29. The third-order valence-corrected chi connectivity index (χ3v) is 5.19. The van der Waals surface area contributed by atoms with Gasteiger partial charge in [0.25, 0.3) is 5.69 Å². The van der Waals surface area contributed by atoms with Crippen LogP contribution < -0.4 is 5.73 Å². The Morgan fingerprint density at radius 3 is 2.45 bits per heavy atom. The van der Waals surface area contributed by atoms with E-state index in [1.165, 1.54) is 32.2 Å². The molecule has 0 amide bonds. The first-order chi connectivity index (χ1) is 8.73. The van der Waals surface area contributed by atoms with Crippen LogP contribution in [0.25, 0.3) is 0 Å². The van der Waals surface area contributed by atoms with Crippen LogP contribution in [0, 0.1) is 17.0 Å². The number of rotatable bonds is 5. The van der Waals surface area contributed by atoms with E-state index >= 15 is 0 Å². The molecular weight excluding hydrogens is 306 g/mol. The summed E-state index contributed by atoms with van der Waals surface area (Å²) in [5.74, 6) is 0. The van der Waals surface area contributed by atoms with Crippen LogP contribution in [-0.4, -0.2) is 37.3 Å². The van der Waals surface area contributed by atoms with Crippen molar-refractivity contribution in [2.24, 2.45) is 5.73 Å². The largest absolute Gasteiger partial charge is 0.329 e. The molecule has 20 heavy (non-hydrogen) atoms. The van der Waals surface area contributed by atoms with Crippen LogP contribution in [-0.2, 0) is 10.0 Å². The zero-order valence-electron chi connectivity index (χ0n) is 11.4. The Kier molecular flexibility index (Phi) is 6.55. The van der Waals surface area contributed by atoms with Gasteiger partial charge in [-0.05, 0) is 19.9 Å². The molecule has 0 bridgehead atoms. The molecule has 1 aromatic rings. The molecule has 1 atom stereocenters. The highest BCUT2D eigenvalue weighted by atomic mass is 35.5. The van der Waals surface area contributed by atoms with Crippen molar-refractivity contribution in [2.45, 2.75) is 24.8 Å². The smallest absolute Gasteiger partial charge is 0.273 e. The number of nitrogens with zero attached hydrogens (tertiary/aromatic N) is 2. The Morgan fingerprint density at radius 1 is 1.45 bits per heavy atom. The molecule has 2 N–H and O–H groups in total. The molecule has 1 rings (SSSR count). The fourth-order valence-electron chi connectivity index (χ4n) is 1.62. The van der Waals surface area contributed by atoms with Gasteiger partial charge in [0, 0.05) is 31.3 Å². The number of nitro groups is 1. The molecule has 0 aliphatic heterocycles. The summed E-state index contributed by atoms with van der Waals surface area (Å²) < 4.78 is 25.9. The predicted molar refractivity (Wildman–Crippen MR) is 78.5 cm³/mol. The molecule has 0 aliphatic rings. The molecule has 1 aromatic carbocycles. The molecule has 0 saturated heterocycles. The summed E-state index contributed by atoms with van der Waals surface area (Å²) in [4.78, 5) is 10.2. The minimum Gasteiger partial charge on any atom is -0.329 e. The summed E-state index contributed by atoms with van der Waals surface area (Å²) in [6.07, 6.45) is 0. The van der Waals surface area contributed by atoms with E-state index in [1.54, 1.807) is 6.92 Å². The molecule has 0 radical (unpaired) electrons. The standard InChI is InChI=1S/C11H17N3O4S.ClH/c1-8(7-12)13(3)19(17,18)11-6-4-5-10(9(11)2)14(15)16;/h4-6,8H,7,12H2,1-3H3;1H. The average molecular weight is 324 g/mol. The SMILES string of the molecule is Cc1c([N+](=O)[O-])cccc1S(=O)(=O)N(C)C(C)CN.Cl. The quantitative estimate of drug-likeness (QED) is 0.649. The number of benzene rings is 1. The van der Waals surface area contributed by atoms with Gasteiger partial charge < -0.3 is 5.73 Å². The van der Waals surface area contributed by atoms with Gasteiger partial charge >= 0.3 is 0 Å². The van der Waals surface area contributed by atoms with Crippen LogP contribution in [0.4, 0.5) is 5.69 Å². The number of nitro benzene ring substituents is 1. The fraction of sp³-hybridized carbons (Fsp3) is 0.455. The van der Waals surface area contributed by atoms with Gasteiger partial charge in [0.15, 0.2) is 0 Å². The van der Waals surface area contributed by atoms with E-state index in [4.69, 9.17) is 5.73 Å². The lowest BCUT2D eigenvalue weighted by atomic mass is 10.2. The zero-order chi connectivity index (χ0) is 14.8. The van der Waals surface area contributed by atoms with Crippen LogP contribution in [0.5, 0.6) is 0 Å². The van der Waals surface area contributed by atoms with Crippen molar-refractivity contribution in [2.75, 3.05) is 13.6 Å². The Labute approximate surface area is 124 Å². The normalized spacial score (nSPS) is 12.8. The van der Waals surface area contributed by atoms with E-state index in [0.29, 0.717) is 0 Å². The van der Waals surface area contributed by atoms with Crippen LogP contribution in [0.1, 0.15) is 12.5 Å². The Hall–Kier alpha value is -1.22. The summed E-state index contributed by atoms with van der Waals surface area (Å²) in [6.45, 7) is 3.26. The zero-order valence-corrected chi connectivity index (χ0v) is 13.1. The van der Waals surface area contributed by atoms with Crippen LogP contribution >= 0.6 is 12.4 Å². The van der Waals surface area contributed by atoms with Crippen molar-refractivity contribution >= 4 is 28.1 Å². The maximum absolute atomic E-state index is 12.4. The maximum atomic E-state index is 12.4. The third-order valence-electron chi connectivity index (χ3n) is 3.07. The van der Waals surface area contributed by atoms with Gasteiger partial charge in [-0.3, -0.25) is 10.1 Å². The fourth-order valence-corrected chi connectivity index (χ4v) is 3.23. The molecule has 0 aliphatic carbocycles. The molecule has 7 nitrogen and oxygen atoms in total. The molecule has 0 fully saturated rings. The third kappa shape index (κ3) is 3.45. The Morgan fingerprint density at radius 2 is 2.00 bits per heavy atom. The number of hydrogen-bond acceptors (Lipinski definition) is 5. The van der Waals surface area contributed by atoms with E-state index in [2.05, 4.69) is 0 Å². The van der Waals surface area contributed by atoms with E-state index in [1.807, 2.05) is 0 Å². The summed E-state index contributed by atoms with van der Waals surface area (Å²) >= 11 is 0. The number of halogens is 1. The lowest BCUT2D eigenvalue weighted by Gasteiger charge is -2.23. The molecular formula is C11H18ClN3O4S. The number of likely N-dealkylation sites (N-methyl/N-ethyl adjacent to an activating group) is 1. The second-order valence-electron chi connectivity index (χ2n) is 4.26. The van der Waals surface area contributed by atoms with Gasteiger partial charge in [0.2, 0.25) is 10.0 Å². The van der Waals surface area contributed by atoms with E-state index < -0.39 is 14.9 Å². The summed E-state index contributed by atoms with van der Waals surface area (Å²) in [5.41, 5.74) is 5.36. The van der Waals surface area contributed by atoms with Gasteiger partial charge in [-0.1, -0.05) is 6.07 Å². The van der Waals surface area contributed by atoms with Gasteiger partial charge in [-0.2, -0.15) is 4.31 Å².